The average molecular weight is 408 g/mol. The van der Waals surface area contributed by atoms with Gasteiger partial charge >= 0.3 is 0 Å². The number of aryl methyl sites for hydroxylation is 1. The van der Waals surface area contributed by atoms with Crippen molar-refractivity contribution in [3.05, 3.63) is 66.0 Å². The first-order valence-electron chi connectivity index (χ1n) is 10.7. The summed E-state index contributed by atoms with van der Waals surface area (Å²) in [6.45, 7) is 2.43. The Bertz CT molecular complexity index is 851. The molecular weight excluding hydrogens is 378 g/mol. The van der Waals surface area contributed by atoms with Gasteiger partial charge in [-0.25, -0.2) is 0 Å². The largest absolute Gasteiger partial charge is 0.371 e. The molecule has 2 aromatic rings. The Balaban J connectivity index is 1.14. The number of hydrogen-bond acceptors (Lipinski definition) is 4. The van der Waals surface area contributed by atoms with Crippen LogP contribution in [0.2, 0.25) is 0 Å². The van der Waals surface area contributed by atoms with Crippen molar-refractivity contribution in [1.82, 2.24) is 15.2 Å². The predicted molar refractivity (Wildman–Crippen MR) is 113 cm³/mol. The Labute approximate surface area is 177 Å². The second kappa shape index (κ2) is 9.39. The number of benzene rings is 1. The lowest BCUT2D eigenvalue weighted by atomic mass is 9.85. The summed E-state index contributed by atoms with van der Waals surface area (Å²) in [6.07, 6.45) is 7.14. The van der Waals surface area contributed by atoms with Gasteiger partial charge in [0.25, 0.3) is 0 Å². The summed E-state index contributed by atoms with van der Waals surface area (Å²) in [5.74, 6) is 0.474. The first kappa shape index (κ1) is 20.5. The van der Waals surface area contributed by atoms with Crippen LogP contribution in [0.15, 0.2) is 54.9 Å². The molecule has 2 saturated heterocycles. The molecule has 1 aromatic heterocycles. The third-order valence-corrected chi connectivity index (χ3v) is 6.01. The van der Waals surface area contributed by atoms with Crippen molar-refractivity contribution in [3.63, 3.8) is 0 Å². The number of amides is 2. The first-order chi connectivity index (χ1) is 14.6. The minimum Gasteiger partial charge on any atom is -0.371 e. The van der Waals surface area contributed by atoms with E-state index in [2.05, 4.69) is 22.4 Å². The Morgan fingerprint density at radius 3 is 2.63 bits per heavy atom. The summed E-state index contributed by atoms with van der Waals surface area (Å²) in [4.78, 5) is 30.6. The molecule has 158 valence electrons. The Kier molecular flexibility index (Phi) is 6.43. The maximum atomic E-state index is 12.4. The summed E-state index contributed by atoms with van der Waals surface area (Å²) >= 11 is 0. The summed E-state index contributed by atoms with van der Waals surface area (Å²) in [5.41, 5.74) is 2.08. The summed E-state index contributed by atoms with van der Waals surface area (Å²) in [7, 11) is 0. The van der Waals surface area contributed by atoms with Gasteiger partial charge in [0, 0.05) is 31.8 Å². The van der Waals surface area contributed by atoms with Crippen LogP contribution in [0.3, 0.4) is 0 Å². The van der Waals surface area contributed by atoms with E-state index in [9.17, 15) is 9.59 Å². The van der Waals surface area contributed by atoms with Crippen molar-refractivity contribution in [2.24, 2.45) is 5.92 Å². The molecule has 0 saturated carbocycles. The first-order valence-corrected chi connectivity index (χ1v) is 10.7. The van der Waals surface area contributed by atoms with Crippen molar-refractivity contribution < 1.29 is 14.3 Å². The van der Waals surface area contributed by atoms with Gasteiger partial charge in [-0.1, -0.05) is 30.3 Å². The van der Waals surface area contributed by atoms with Gasteiger partial charge in [0.15, 0.2) is 0 Å². The number of hydrogen-bond donors (Lipinski definition) is 1. The van der Waals surface area contributed by atoms with Crippen molar-refractivity contribution in [3.8, 4) is 0 Å². The van der Waals surface area contributed by atoms with Gasteiger partial charge in [0.2, 0.25) is 11.8 Å². The van der Waals surface area contributed by atoms with Crippen LogP contribution in [0.25, 0.3) is 0 Å². The third-order valence-electron chi connectivity index (χ3n) is 6.01. The van der Waals surface area contributed by atoms with E-state index in [0.29, 0.717) is 39.1 Å². The van der Waals surface area contributed by atoms with Gasteiger partial charge in [-0.05, 0) is 48.4 Å². The molecule has 0 aliphatic carbocycles. The second-order valence-electron chi connectivity index (χ2n) is 8.49. The van der Waals surface area contributed by atoms with Crippen LogP contribution in [0, 0.1) is 5.92 Å². The number of nitrogens with zero attached hydrogens (tertiary/aromatic N) is 2. The van der Waals surface area contributed by atoms with Crippen LogP contribution >= 0.6 is 0 Å². The number of aromatic nitrogens is 1. The molecule has 3 heterocycles. The lowest BCUT2D eigenvalue weighted by molar-refractivity contribution is -0.157. The van der Waals surface area contributed by atoms with Crippen molar-refractivity contribution in [2.75, 3.05) is 19.7 Å². The Morgan fingerprint density at radius 1 is 1.10 bits per heavy atom. The van der Waals surface area contributed by atoms with E-state index in [-0.39, 0.29) is 23.3 Å². The lowest BCUT2D eigenvalue weighted by Gasteiger charge is -2.47. The van der Waals surface area contributed by atoms with Crippen molar-refractivity contribution >= 4 is 11.8 Å². The molecule has 2 aliphatic rings. The number of carbonyl (C=O) groups is 2. The van der Waals surface area contributed by atoms with E-state index in [1.54, 1.807) is 12.4 Å². The zero-order chi connectivity index (χ0) is 20.8. The van der Waals surface area contributed by atoms with Crippen LogP contribution in [0.1, 0.15) is 36.8 Å². The average Bonchev–Trinajstić information content (AvgIpc) is 3.17. The number of likely N-dealkylation sites (tertiary alicyclic amines) is 1. The molecule has 30 heavy (non-hydrogen) atoms. The molecule has 1 aromatic carbocycles. The molecule has 0 unspecified atom stereocenters. The van der Waals surface area contributed by atoms with Gasteiger partial charge < -0.3 is 15.0 Å². The standard InChI is InChI=1S/C24H29N3O3/c28-22(26-15-20-9-11-25-12-10-20)13-21-14-24(30-16-21)17-27(18-24)23(29)8-4-7-19-5-2-1-3-6-19/h1-3,5-6,9-12,21H,4,7-8,13-18H2,(H,26,28)/t21-/m0/s1. The van der Waals surface area contributed by atoms with E-state index >= 15 is 0 Å². The van der Waals surface area contributed by atoms with Gasteiger partial charge in [-0.2, -0.15) is 0 Å². The molecule has 6 nitrogen and oxygen atoms in total. The molecule has 6 heteroatoms. The summed E-state index contributed by atoms with van der Waals surface area (Å²) in [5, 5.41) is 2.97. The number of pyridine rings is 1. The summed E-state index contributed by atoms with van der Waals surface area (Å²) < 4.78 is 6.02. The minimum absolute atomic E-state index is 0.0469. The fourth-order valence-electron chi connectivity index (χ4n) is 4.40. The summed E-state index contributed by atoms with van der Waals surface area (Å²) in [6, 6.07) is 14.1. The van der Waals surface area contributed by atoms with Crippen LogP contribution in [-0.4, -0.2) is 47.0 Å². The number of ether oxygens (including phenoxy) is 1. The molecule has 0 radical (unpaired) electrons. The van der Waals surface area contributed by atoms with E-state index in [0.717, 1.165) is 24.8 Å². The molecule has 4 rings (SSSR count). The number of carbonyl (C=O) groups excluding carboxylic acids is 2. The fourth-order valence-corrected chi connectivity index (χ4v) is 4.40. The maximum Gasteiger partial charge on any atom is 0.222 e. The Hall–Kier alpha value is -2.73. The maximum absolute atomic E-state index is 12.4. The highest BCUT2D eigenvalue weighted by Gasteiger charge is 2.51. The van der Waals surface area contributed by atoms with E-state index in [1.165, 1.54) is 5.56 Å². The molecule has 0 bridgehead atoms. The SMILES string of the molecule is O=C(C[C@@H]1COC2(C1)CN(C(=O)CCCc1ccccc1)C2)NCc1ccncc1. The van der Waals surface area contributed by atoms with Crippen LogP contribution in [0.4, 0.5) is 0 Å². The van der Waals surface area contributed by atoms with Gasteiger partial charge in [0.1, 0.15) is 5.60 Å². The highest BCUT2D eigenvalue weighted by molar-refractivity contribution is 5.78. The van der Waals surface area contributed by atoms with Gasteiger partial charge in [-0.3, -0.25) is 14.6 Å². The quantitative estimate of drug-likeness (QED) is 0.730. The van der Waals surface area contributed by atoms with Crippen LogP contribution in [-0.2, 0) is 27.3 Å². The predicted octanol–water partition coefficient (Wildman–Crippen LogP) is 2.73. The molecule has 1 N–H and O–H groups in total. The van der Waals surface area contributed by atoms with Crippen LogP contribution < -0.4 is 5.32 Å². The highest BCUT2D eigenvalue weighted by atomic mass is 16.5. The van der Waals surface area contributed by atoms with Gasteiger partial charge in [-0.15, -0.1) is 0 Å². The molecule has 1 atom stereocenters. The monoisotopic (exact) mass is 407 g/mol. The third kappa shape index (κ3) is 5.25. The highest BCUT2D eigenvalue weighted by Crippen LogP contribution is 2.39. The van der Waals surface area contributed by atoms with Crippen LogP contribution in [0.5, 0.6) is 0 Å². The molecule has 2 amide bonds. The topological polar surface area (TPSA) is 71.5 Å². The Morgan fingerprint density at radius 2 is 1.87 bits per heavy atom. The number of nitrogens with one attached hydrogen (secondary N) is 1. The molecular formula is C24H29N3O3. The van der Waals surface area contributed by atoms with E-state index < -0.39 is 0 Å². The molecule has 2 aliphatic heterocycles. The van der Waals surface area contributed by atoms with Gasteiger partial charge in [0.05, 0.1) is 19.7 Å². The van der Waals surface area contributed by atoms with E-state index in [4.69, 9.17) is 4.74 Å². The van der Waals surface area contributed by atoms with E-state index in [1.807, 2.05) is 35.2 Å². The molecule has 2 fully saturated rings. The fraction of sp³-hybridized carbons (Fsp3) is 0.458. The second-order valence-corrected chi connectivity index (χ2v) is 8.49. The zero-order valence-corrected chi connectivity index (χ0v) is 17.3. The smallest absolute Gasteiger partial charge is 0.222 e. The molecule has 1 spiro atoms. The normalized spacial score (nSPS) is 19.5. The minimum atomic E-state index is -0.231. The van der Waals surface area contributed by atoms with Crippen molar-refractivity contribution in [2.45, 2.75) is 44.2 Å². The van der Waals surface area contributed by atoms with Crippen molar-refractivity contribution in [1.29, 1.82) is 0 Å². The number of rotatable bonds is 8. The zero-order valence-electron chi connectivity index (χ0n) is 17.3. The lowest BCUT2D eigenvalue weighted by Crippen LogP contribution is -2.63.